The summed E-state index contributed by atoms with van der Waals surface area (Å²) in [6.45, 7) is 7.90. The van der Waals surface area contributed by atoms with Crippen molar-refractivity contribution in [2.75, 3.05) is 24.5 Å². The van der Waals surface area contributed by atoms with Gasteiger partial charge in [0.05, 0.1) is 0 Å². The number of carbonyl (C=O) groups excluding carboxylic acids is 1. The van der Waals surface area contributed by atoms with Gasteiger partial charge in [-0.05, 0) is 57.0 Å². The lowest BCUT2D eigenvalue weighted by molar-refractivity contribution is 0.112. The first-order valence-corrected chi connectivity index (χ1v) is 7.75. The smallest absolute Gasteiger partial charge is 0.150 e. The first-order valence-electron chi connectivity index (χ1n) is 7.75. The van der Waals surface area contributed by atoms with Crippen LogP contribution >= 0.6 is 0 Å². The predicted molar refractivity (Wildman–Crippen MR) is 82.6 cm³/mol. The van der Waals surface area contributed by atoms with Crippen molar-refractivity contribution in [1.29, 1.82) is 0 Å². The summed E-state index contributed by atoms with van der Waals surface area (Å²) in [4.78, 5) is 16.1. The van der Waals surface area contributed by atoms with E-state index in [4.69, 9.17) is 0 Å². The summed E-state index contributed by atoms with van der Waals surface area (Å²) in [5.74, 6) is 0. The van der Waals surface area contributed by atoms with Crippen molar-refractivity contribution in [3.63, 3.8) is 0 Å². The first-order chi connectivity index (χ1) is 9.69. The number of carbonyl (C=O) groups is 1. The molecule has 3 rings (SSSR count). The average Bonchev–Trinajstić information content (AvgIpc) is 2.46. The van der Waals surface area contributed by atoms with Crippen molar-refractivity contribution in [3.8, 4) is 0 Å². The molecule has 0 bridgehead atoms. The lowest BCUT2D eigenvalue weighted by Gasteiger charge is -2.48. The van der Waals surface area contributed by atoms with Gasteiger partial charge in [-0.2, -0.15) is 0 Å². The number of hydrogen-bond acceptors (Lipinski definition) is 3. The Morgan fingerprint density at radius 2 is 2.10 bits per heavy atom. The molecule has 0 aliphatic carbocycles. The third kappa shape index (κ3) is 2.47. The molecule has 2 atom stereocenters. The number of anilines is 1. The number of fused-ring (bicyclic) bond motifs is 1. The summed E-state index contributed by atoms with van der Waals surface area (Å²) in [6, 6.07) is 7.49. The van der Waals surface area contributed by atoms with Crippen molar-refractivity contribution in [3.05, 3.63) is 29.3 Å². The second-order valence-corrected chi connectivity index (χ2v) is 6.30. The molecule has 0 amide bonds. The van der Waals surface area contributed by atoms with Gasteiger partial charge in [0.1, 0.15) is 6.29 Å². The van der Waals surface area contributed by atoms with E-state index in [1.807, 2.05) is 13.0 Å². The number of benzene rings is 1. The summed E-state index contributed by atoms with van der Waals surface area (Å²) in [7, 11) is 0. The first kappa shape index (κ1) is 13.6. The molecule has 2 fully saturated rings. The number of aryl methyl sites for hydroxylation is 1. The van der Waals surface area contributed by atoms with Gasteiger partial charge in [-0.15, -0.1) is 0 Å². The van der Waals surface area contributed by atoms with Crippen LogP contribution in [0.5, 0.6) is 0 Å². The molecule has 1 aromatic carbocycles. The lowest BCUT2D eigenvalue weighted by Crippen LogP contribution is -2.58. The molecule has 2 saturated heterocycles. The van der Waals surface area contributed by atoms with Crippen LogP contribution in [0.3, 0.4) is 0 Å². The molecule has 0 aromatic heterocycles. The minimum absolute atomic E-state index is 0.547. The molecule has 2 unspecified atom stereocenters. The highest BCUT2D eigenvalue weighted by Gasteiger charge is 2.32. The highest BCUT2D eigenvalue weighted by Crippen LogP contribution is 2.29. The van der Waals surface area contributed by atoms with Gasteiger partial charge in [-0.25, -0.2) is 0 Å². The van der Waals surface area contributed by atoms with Crippen LogP contribution in [0.2, 0.25) is 0 Å². The molecule has 3 heteroatoms. The van der Waals surface area contributed by atoms with Crippen LogP contribution in [-0.2, 0) is 0 Å². The van der Waals surface area contributed by atoms with Crippen molar-refractivity contribution in [2.45, 2.75) is 45.2 Å². The fourth-order valence-corrected chi connectivity index (χ4v) is 3.68. The summed E-state index contributed by atoms with van der Waals surface area (Å²) >= 11 is 0. The van der Waals surface area contributed by atoms with Crippen LogP contribution in [0.4, 0.5) is 5.69 Å². The van der Waals surface area contributed by atoms with Crippen LogP contribution in [0, 0.1) is 6.92 Å². The Balaban J connectivity index is 1.82. The van der Waals surface area contributed by atoms with Gasteiger partial charge in [0, 0.05) is 36.4 Å². The molecule has 2 aliphatic heterocycles. The van der Waals surface area contributed by atoms with Gasteiger partial charge in [-0.1, -0.05) is 6.42 Å². The molecular weight excluding hydrogens is 248 g/mol. The van der Waals surface area contributed by atoms with Gasteiger partial charge in [0.2, 0.25) is 0 Å². The maximum atomic E-state index is 10.9. The third-order valence-electron chi connectivity index (χ3n) is 4.90. The van der Waals surface area contributed by atoms with Gasteiger partial charge >= 0.3 is 0 Å². The molecule has 108 valence electrons. The largest absolute Gasteiger partial charge is 0.366 e. The van der Waals surface area contributed by atoms with E-state index in [0.717, 1.165) is 24.0 Å². The maximum absolute atomic E-state index is 10.9. The number of hydrogen-bond donors (Lipinski definition) is 0. The summed E-state index contributed by atoms with van der Waals surface area (Å²) in [5.41, 5.74) is 3.15. The predicted octanol–water partition coefficient (Wildman–Crippen LogP) is 2.87. The molecule has 3 nitrogen and oxygen atoms in total. The molecule has 0 N–H and O–H groups in total. The number of piperazine rings is 1. The number of aldehydes is 1. The molecule has 0 radical (unpaired) electrons. The standard InChI is InChI=1S/C17H24N2O/c1-13-9-16(7-6-15(13)12-20)19-11-17-5-3-4-8-18(17)10-14(19)2/h6-7,9,12,14,17H,3-5,8,10-11H2,1-2H3. The van der Waals surface area contributed by atoms with Gasteiger partial charge in [0.25, 0.3) is 0 Å². The molecule has 0 saturated carbocycles. The number of piperidine rings is 1. The van der Waals surface area contributed by atoms with Crippen LogP contribution in [-0.4, -0.2) is 42.9 Å². The Kier molecular flexibility index (Phi) is 3.79. The third-order valence-corrected chi connectivity index (χ3v) is 4.90. The van der Waals surface area contributed by atoms with Crippen molar-refractivity contribution < 1.29 is 4.79 Å². The Labute approximate surface area is 121 Å². The summed E-state index contributed by atoms with van der Waals surface area (Å²) in [6.07, 6.45) is 5.00. The SMILES string of the molecule is Cc1cc(N2CC3CCCCN3CC2C)ccc1C=O. The van der Waals surface area contributed by atoms with Crippen LogP contribution in [0.1, 0.15) is 42.1 Å². The summed E-state index contributed by atoms with van der Waals surface area (Å²) < 4.78 is 0. The van der Waals surface area contributed by atoms with Crippen LogP contribution in [0.15, 0.2) is 18.2 Å². The Hall–Kier alpha value is -1.35. The Morgan fingerprint density at radius 3 is 2.85 bits per heavy atom. The highest BCUT2D eigenvalue weighted by molar-refractivity contribution is 5.78. The van der Waals surface area contributed by atoms with E-state index in [9.17, 15) is 4.79 Å². The normalized spacial score (nSPS) is 27.2. The van der Waals surface area contributed by atoms with E-state index >= 15 is 0 Å². The van der Waals surface area contributed by atoms with E-state index in [2.05, 4.69) is 28.9 Å². The second kappa shape index (κ2) is 5.57. The minimum atomic E-state index is 0.547. The van der Waals surface area contributed by atoms with E-state index in [-0.39, 0.29) is 0 Å². The van der Waals surface area contributed by atoms with Crippen LogP contribution in [0.25, 0.3) is 0 Å². The molecule has 0 spiro atoms. The molecular formula is C17H24N2O. The van der Waals surface area contributed by atoms with E-state index < -0.39 is 0 Å². The Morgan fingerprint density at radius 1 is 1.25 bits per heavy atom. The zero-order valence-electron chi connectivity index (χ0n) is 12.5. The molecule has 1 aromatic rings. The van der Waals surface area contributed by atoms with Gasteiger partial charge in [-0.3, -0.25) is 9.69 Å². The number of rotatable bonds is 2. The summed E-state index contributed by atoms with van der Waals surface area (Å²) in [5, 5.41) is 0. The monoisotopic (exact) mass is 272 g/mol. The van der Waals surface area contributed by atoms with Crippen molar-refractivity contribution in [1.82, 2.24) is 4.90 Å². The zero-order chi connectivity index (χ0) is 14.1. The topological polar surface area (TPSA) is 23.6 Å². The van der Waals surface area contributed by atoms with E-state index in [1.165, 1.54) is 38.0 Å². The minimum Gasteiger partial charge on any atom is -0.366 e. The number of nitrogens with zero attached hydrogens (tertiary/aromatic N) is 2. The van der Waals surface area contributed by atoms with E-state index in [1.54, 1.807) is 0 Å². The van der Waals surface area contributed by atoms with Gasteiger partial charge in [0.15, 0.2) is 0 Å². The van der Waals surface area contributed by atoms with Crippen molar-refractivity contribution in [2.24, 2.45) is 0 Å². The lowest BCUT2D eigenvalue weighted by atomic mass is 9.96. The fraction of sp³-hybridized carbons (Fsp3) is 0.588. The highest BCUT2D eigenvalue weighted by atomic mass is 16.1. The van der Waals surface area contributed by atoms with Gasteiger partial charge < -0.3 is 4.90 Å². The zero-order valence-corrected chi connectivity index (χ0v) is 12.5. The van der Waals surface area contributed by atoms with E-state index in [0.29, 0.717) is 12.1 Å². The average molecular weight is 272 g/mol. The second-order valence-electron chi connectivity index (χ2n) is 6.30. The molecule has 2 heterocycles. The Bertz CT molecular complexity index is 500. The molecule has 2 aliphatic rings. The van der Waals surface area contributed by atoms with Crippen molar-refractivity contribution >= 4 is 12.0 Å². The quantitative estimate of drug-likeness (QED) is 0.773. The molecule has 20 heavy (non-hydrogen) atoms. The fourth-order valence-electron chi connectivity index (χ4n) is 3.68. The maximum Gasteiger partial charge on any atom is 0.150 e. The van der Waals surface area contributed by atoms with Crippen LogP contribution < -0.4 is 4.90 Å².